The van der Waals surface area contributed by atoms with Crippen LogP contribution in [-0.4, -0.2) is 27.9 Å². The summed E-state index contributed by atoms with van der Waals surface area (Å²) in [6.07, 6.45) is -0.0698. The predicted molar refractivity (Wildman–Crippen MR) is 115 cm³/mol. The van der Waals surface area contributed by atoms with Crippen molar-refractivity contribution in [2.45, 2.75) is 12.5 Å². The number of amidine groups is 1. The monoisotopic (exact) mass is 416 g/mol. The van der Waals surface area contributed by atoms with Crippen LogP contribution in [0.15, 0.2) is 65.7 Å². The molecule has 7 nitrogen and oxygen atoms in total. The third-order valence-electron chi connectivity index (χ3n) is 3.47. The van der Waals surface area contributed by atoms with Gasteiger partial charge in [-0.25, -0.2) is 0 Å². The number of nitrogens with zero attached hydrogens (tertiary/aromatic N) is 1. The van der Waals surface area contributed by atoms with Crippen LogP contribution in [-0.2, 0) is 9.59 Å². The van der Waals surface area contributed by atoms with E-state index in [1.54, 1.807) is 12.1 Å². The summed E-state index contributed by atoms with van der Waals surface area (Å²) in [5, 5.41) is 2.76. The van der Waals surface area contributed by atoms with Crippen molar-refractivity contribution in [1.82, 2.24) is 5.32 Å². The molecule has 0 bridgehead atoms. The average Bonchev–Trinajstić information content (AvgIpc) is 2.66. The lowest BCUT2D eigenvalue weighted by atomic mass is 10.0. The summed E-state index contributed by atoms with van der Waals surface area (Å²) in [4.78, 5) is 28.3. The van der Waals surface area contributed by atoms with Gasteiger partial charge in [-0.1, -0.05) is 60.7 Å². The van der Waals surface area contributed by atoms with E-state index >= 15 is 0 Å². The van der Waals surface area contributed by atoms with Crippen LogP contribution in [0.3, 0.4) is 0 Å². The molecule has 0 aliphatic heterocycles. The van der Waals surface area contributed by atoms with Crippen molar-refractivity contribution in [3.8, 4) is 5.75 Å². The van der Waals surface area contributed by atoms with Crippen LogP contribution >= 0.6 is 24.0 Å². The van der Waals surface area contributed by atoms with Gasteiger partial charge in [0.1, 0.15) is 10.1 Å². The van der Waals surface area contributed by atoms with Crippen molar-refractivity contribution in [1.29, 1.82) is 0 Å². The molecule has 9 heteroatoms. The van der Waals surface area contributed by atoms with E-state index in [1.807, 2.05) is 48.5 Å². The lowest BCUT2D eigenvalue weighted by molar-refractivity contribution is -0.124. The molecule has 146 valence electrons. The van der Waals surface area contributed by atoms with Gasteiger partial charge in [0.25, 0.3) is 5.91 Å². The van der Waals surface area contributed by atoms with Crippen molar-refractivity contribution < 1.29 is 14.3 Å². The van der Waals surface area contributed by atoms with Gasteiger partial charge in [0.05, 0.1) is 12.5 Å². The van der Waals surface area contributed by atoms with Gasteiger partial charge in [-0.15, -0.1) is 0 Å². The Kier molecular flexibility index (Phi) is 8.44. The lowest BCUT2D eigenvalue weighted by Crippen LogP contribution is -2.33. The van der Waals surface area contributed by atoms with E-state index in [9.17, 15) is 9.59 Å². The van der Waals surface area contributed by atoms with Crippen molar-refractivity contribution in [3.63, 3.8) is 0 Å². The van der Waals surface area contributed by atoms with E-state index in [4.69, 9.17) is 28.4 Å². The van der Waals surface area contributed by atoms with Crippen LogP contribution in [0, 0.1) is 0 Å². The number of nitrogens with one attached hydrogen (secondary N) is 1. The van der Waals surface area contributed by atoms with Crippen LogP contribution < -0.4 is 21.5 Å². The Morgan fingerprint density at radius 1 is 1.07 bits per heavy atom. The maximum Gasteiger partial charge on any atom is 0.258 e. The third-order valence-corrected chi connectivity index (χ3v) is 4.22. The third kappa shape index (κ3) is 7.77. The molecule has 5 N–H and O–H groups in total. The SMILES string of the molecule is NC(=S)SC(N)=NC(=O)CC(NC(=O)COc1ccccc1)c1ccccc1. The minimum Gasteiger partial charge on any atom is -0.484 e. The second-order valence-electron chi connectivity index (χ2n) is 5.60. The smallest absolute Gasteiger partial charge is 0.258 e. The Morgan fingerprint density at radius 2 is 1.68 bits per heavy atom. The number of thioether (sulfide) groups is 1. The summed E-state index contributed by atoms with van der Waals surface area (Å²) < 4.78 is 5.51. The zero-order valence-corrected chi connectivity index (χ0v) is 16.5. The first-order valence-corrected chi connectivity index (χ1v) is 9.53. The standard InChI is InChI=1S/C19H20N4O3S2/c20-18(28-19(21)27)23-16(24)11-15(13-7-3-1-4-8-13)22-17(25)12-26-14-9-5-2-6-10-14/h1-10,15H,11-12H2,(H2,21,27)(H,22,25)(H2,20,23,24). The summed E-state index contributed by atoms with van der Waals surface area (Å²) in [6.45, 7) is -0.176. The fourth-order valence-corrected chi connectivity index (χ4v) is 2.92. The number of benzene rings is 2. The molecule has 0 saturated carbocycles. The highest BCUT2D eigenvalue weighted by Gasteiger charge is 2.19. The van der Waals surface area contributed by atoms with Crippen molar-refractivity contribution >= 4 is 45.3 Å². The molecule has 2 aromatic carbocycles. The van der Waals surface area contributed by atoms with Crippen molar-refractivity contribution in [2.75, 3.05) is 6.61 Å². The fraction of sp³-hybridized carbons (Fsp3) is 0.158. The number of carbonyl (C=O) groups is 2. The van der Waals surface area contributed by atoms with Gasteiger partial charge in [0.15, 0.2) is 11.8 Å². The molecule has 0 aromatic heterocycles. The van der Waals surface area contributed by atoms with Gasteiger partial charge < -0.3 is 21.5 Å². The van der Waals surface area contributed by atoms with Gasteiger partial charge >= 0.3 is 0 Å². The first-order valence-electron chi connectivity index (χ1n) is 8.30. The Hall–Kier alpha value is -2.91. The van der Waals surface area contributed by atoms with E-state index in [2.05, 4.69) is 10.3 Å². The summed E-state index contributed by atoms with van der Waals surface area (Å²) in [5.74, 6) is -0.281. The highest BCUT2D eigenvalue weighted by atomic mass is 32.2. The molecule has 2 aromatic rings. The van der Waals surface area contributed by atoms with Gasteiger partial charge in [-0.3, -0.25) is 9.59 Å². The van der Waals surface area contributed by atoms with Crippen LogP contribution in [0.1, 0.15) is 18.0 Å². The topological polar surface area (TPSA) is 120 Å². The minimum absolute atomic E-state index is 0.0388. The molecule has 0 heterocycles. The van der Waals surface area contributed by atoms with Crippen LogP contribution in [0.4, 0.5) is 0 Å². The van der Waals surface area contributed by atoms with Gasteiger partial charge in [-0.05, 0) is 29.5 Å². The highest BCUT2D eigenvalue weighted by Crippen LogP contribution is 2.18. The summed E-state index contributed by atoms with van der Waals surface area (Å²) >= 11 is 5.55. The minimum atomic E-state index is -0.577. The number of hydrogen-bond acceptors (Lipinski definition) is 5. The Morgan fingerprint density at radius 3 is 2.29 bits per heavy atom. The molecule has 2 rings (SSSR count). The van der Waals surface area contributed by atoms with E-state index in [0.29, 0.717) is 5.75 Å². The van der Waals surface area contributed by atoms with Crippen molar-refractivity contribution in [3.05, 3.63) is 66.2 Å². The number of para-hydroxylation sites is 1. The Labute approximate surface area is 172 Å². The molecule has 1 atom stereocenters. The molecule has 0 aliphatic rings. The number of hydrogen-bond donors (Lipinski definition) is 3. The number of ether oxygens (including phenoxy) is 1. The average molecular weight is 417 g/mol. The molecule has 2 amide bonds. The van der Waals surface area contributed by atoms with Crippen molar-refractivity contribution in [2.24, 2.45) is 16.5 Å². The van der Waals surface area contributed by atoms with E-state index in [-0.39, 0.29) is 28.4 Å². The molecular formula is C19H20N4O3S2. The van der Waals surface area contributed by atoms with Crippen LogP contribution in [0.5, 0.6) is 5.75 Å². The summed E-state index contributed by atoms with van der Waals surface area (Å²) in [5.41, 5.74) is 11.7. The fourth-order valence-electron chi connectivity index (χ4n) is 2.31. The number of carbonyl (C=O) groups excluding carboxylic acids is 2. The second-order valence-corrected chi connectivity index (χ2v) is 7.36. The zero-order chi connectivity index (χ0) is 20.4. The van der Waals surface area contributed by atoms with Crippen LogP contribution in [0.25, 0.3) is 0 Å². The summed E-state index contributed by atoms with van der Waals surface area (Å²) in [7, 11) is 0. The predicted octanol–water partition coefficient (Wildman–Crippen LogP) is 2.13. The number of thiocarbonyl (C=S) groups is 1. The normalized spacial score (nSPS) is 12.1. The lowest BCUT2D eigenvalue weighted by Gasteiger charge is -2.18. The number of rotatable bonds is 7. The maximum absolute atomic E-state index is 12.3. The van der Waals surface area contributed by atoms with E-state index < -0.39 is 11.9 Å². The molecule has 0 radical (unpaired) electrons. The van der Waals surface area contributed by atoms with Gasteiger partial charge in [0, 0.05) is 0 Å². The number of amides is 2. The molecule has 28 heavy (non-hydrogen) atoms. The highest BCUT2D eigenvalue weighted by molar-refractivity contribution is 8.32. The summed E-state index contributed by atoms with van der Waals surface area (Å²) in [6, 6.07) is 17.5. The van der Waals surface area contributed by atoms with Gasteiger partial charge in [-0.2, -0.15) is 4.99 Å². The number of nitrogens with two attached hydrogens (primary N) is 2. The molecule has 1 unspecified atom stereocenters. The zero-order valence-electron chi connectivity index (χ0n) is 14.9. The van der Waals surface area contributed by atoms with E-state index in [0.717, 1.165) is 17.3 Å². The molecule has 0 saturated heterocycles. The van der Waals surface area contributed by atoms with Crippen LogP contribution in [0.2, 0.25) is 0 Å². The molecular weight excluding hydrogens is 396 g/mol. The van der Waals surface area contributed by atoms with Gasteiger partial charge in [0.2, 0.25) is 5.91 Å². The quantitative estimate of drug-likeness (QED) is 0.359. The Bertz CT molecular complexity index is 845. The first-order chi connectivity index (χ1) is 13.4. The molecule has 0 aliphatic carbocycles. The Balaban J connectivity index is 2.02. The number of aliphatic imine (C=N–C) groups is 1. The van der Waals surface area contributed by atoms with E-state index in [1.165, 1.54) is 0 Å². The molecule has 0 fully saturated rings. The second kappa shape index (κ2) is 11.1. The largest absolute Gasteiger partial charge is 0.484 e. The first kappa shape index (κ1) is 21.4. The maximum atomic E-state index is 12.3. The molecule has 0 spiro atoms.